The molecular formula is C14H10N2S. The molecule has 2 heterocycles. The highest BCUT2D eigenvalue weighted by molar-refractivity contribution is 8.02. The van der Waals surface area contributed by atoms with Gasteiger partial charge in [-0.05, 0) is 30.4 Å². The number of fused-ring (bicyclic) bond motifs is 1. The highest BCUT2D eigenvalue weighted by Gasteiger charge is 2.44. The predicted molar refractivity (Wildman–Crippen MR) is 72.5 cm³/mol. The molecule has 0 saturated carbocycles. The van der Waals surface area contributed by atoms with Crippen molar-refractivity contribution >= 4 is 23.2 Å². The van der Waals surface area contributed by atoms with Gasteiger partial charge in [-0.1, -0.05) is 30.0 Å². The van der Waals surface area contributed by atoms with Crippen LogP contribution in [0.4, 0.5) is 5.69 Å². The number of para-hydroxylation sites is 1. The summed E-state index contributed by atoms with van der Waals surface area (Å²) in [6.07, 6.45) is 10.4. The molecule has 1 N–H and O–H groups in total. The Morgan fingerprint density at radius 1 is 1.24 bits per heavy atom. The van der Waals surface area contributed by atoms with Crippen molar-refractivity contribution in [1.82, 2.24) is 0 Å². The summed E-state index contributed by atoms with van der Waals surface area (Å²) in [6, 6.07) is 8.40. The fourth-order valence-electron chi connectivity index (χ4n) is 2.41. The van der Waals surface area contributed by atoms with Gasteiger partial charge in [0, 0.05) is 16.8 Å². The minimum Gasteiger partial charge on any atom is -0.356 e. The van der Waals surface area contributed by atoms with E-state index in [4.69, 9.17) is 0 Å². The Morgan fingerprint density at radius 2 is 2.18 bits per heavy atom. The summed E-state index contributed by atoms with van der Waals surface area (Å²) in [6.45, 7) is 0. The highest BCUT2D eigenvalue weighted by Crippen LogP contribution is 2.51. The van der Waals surface area contributed by atoms with E-state index in [0.717, 1.165) is 5.71 Å². The molecule has 2 nitrogen and oxygen atoms in total. The zero-order valence-corrected chi connectivity index (χ0v) is 9.87. The van der Waals surface area contributed by atoms with E-state index in [1.165, 1.54) is 16.3 Å². The van der Waals surface area contributed by atoms with Crippen LogP contribution in [0.25, 0.3) is 0 Å². The van der Waals surface area contributed by atoms with Gasteiger partial charge in [-0.2, -0.15) is 0 Å². The summed E-state index contributed by atoms with van der Waals surface area (Å²) >= 11 is 1.86. The molecule has 3 aliphatic rings. The number of benzene rings is 1. The van der Waals surface area contributed by atoms with Gasteiger partial charge in [0.05, 0.1) is 11.4 Å². The number of thioether (sulfide) groups is 1. The van der Waals surface area contributed by atoms with Crippen LogP contribution >= 0.6 is 11.8 Å². The van der Waals surface area contributed by atoms with Crippen molar-refractivity contribution in [2.45, 2.75) is 9.64 Å². The lowest BCUT2D eigenvalue weighted by atomic mass is 9.94. The summed E-state index contributed by atoms with van der Waals surface area (Å²) in [5.74, 6) is 0. The number of rotatable bonds is 0. The Labute approximate surface area is 104 Å². The van der Waals surface area contributed by atoms with Crippen molar-refractivity contribution < 1.29 is 0 Å². The van der Waals surface area contributed by atoms with E-state index in [1.54, 1.807) is 0 Å². The minimum absolute atomic E-state index is 0.122. The second-order valence-electron chi connectivity index (χ2n) is 4.23. The molecule has 0 amide bonds. The van der Waals surface area contributed by atoms with Gasteiger partial charge >= 0.3 is 0 Å². The highest BCUT2D eigenvalue weighted by atomic mass is 32.2. The lowest BCUT2D eigenvalue weighted by Crippen LogP contribution is -2.39. The number of allylic oxidation sites excluding steroid dienone is 3. The first-order chi connectivity index (χ1) is 8.38. The van der Waals surface area contributed by atoms with E-state index in [0.29, 0.717) is 0 Å². The normalized spacial score (nSPS) is 27.5. The summed E-state index contributed by atoms with van der Waals surface area (Å²) in [5, 5.41) is 3.52. The predicted octanol–water partition coefficient (Wildman–Crippen LogP) is 3.37. The number of nitrogens with zero attached hydrogens (tertiary/aromatic N) is 1. The molecule has 1 atom stereocenters. The quantitative estimate of drug-likeness (QED) is 0.749. The van der Waals surface area contributed by atoms with Crippen LogP contribution in [0.1, 0.15) is 0 Å². The minimum atomic E-state index is -0.122. The number of anilines is 1. The van der Waals surface area contributed by atoms with Crippen molar-refractivity contribution in [3.05, 3.63) is 60.5 Å². The third kappa shape index (κ3) is 1.15. The van der Waals surface area contributed by atoms with Crippen LogP contribution in [0.15, 0.2) is 70.4 Å². The SMILES string of the molecule is C1=CC2=NC=CC23Sc2ccccc2NC3=C1. The van der Waals surface area contributed by atoms with Gasteiger partial charge in [-0.15, -0.1) is 0 Å². The Kier molecular flexibility index (Phi) is 1.72. The molecule has 2 aliphatic heterocycles. The van der Waals surface area contributed by atoms with Crippen LogP contribution in [0.2, 0.25) is 0 Å². The molecule has 82 valence electrons. The molecule has 3 heteroatoms. The molecule has 1 unspecified atom stereocenters. The summed E-state index contributed by atoms with van der Waals surface area (Å²) < 4.78 is -0.122. The number of aliphatic imine (C=N–C) groups is 1. The second-order valence-corrected chi connectivity index (χ2v) is 5.52. The van der Waals surface area contributed by atoms with Crippen molar-refractivity contribution in [3.8, 4) is 0 Å². The first-order valence-corrected chi connectivity index (χ1v) is 6.40. The van der Waals surface area contributed by atoms with E-state index in [1.807, 2.05) is 18.0 Å². The molecule has 1 aliphatic carbocycles. The van der Waals surface area contributed by atoms with E-state index < -0.39 is 0 Å². The van der Waals surface area contributed by atoms with E-state index in [2.05, 4.69) is 58.9 Å². The monoisotopic (exact) mass is 238 g/mol. The average molecular weight is 238 g/mol. The van der Waals surface area contributed by atoms with Crippen LogP contribution < -0.4 is 5.32 Å². The van der Waals surface area contributed by atoms with E-state index in [9.17, 15) is 0 Å². The van der Waals surface area contributed by atoms with Gasteiger partial charge in [-0.25, -0.2) is 0 Å². The van der Waals surface area contributed by atoms with Gasteiger partial charge in [0.2, 0.25) is 0 Å². The Balaban J connectivity index is 1.94. The van der Waals surface area contributed by atoms with Crippen LogP contribution in [-0.2, 0) is 0 Å². The topological polar surface area (TPSA) is 24.4 Å². The largest absolute Gasteiger partial charge is 0.356 e. The smallest absolute Gasteiger partial charge is 0.122 e. The zero-order valence-electron chi connectivity index (χ0n) is 9.05. The van der Waals surface area contributed by atoms with Crippen LogP contribution in [0, 0.1) is 0 Å². The standard InChI is InChI=1S/C14H10N2S/c1-2-5-11-10(4-1)16-13-7-3-6-12-14(13,17-11)8-9-15-12/h1-9,16H. The molecular weight excluding hydrogens is 228 g/mol. The zero-order chi connectivity index (χ0) is 11.3. The third-order valence-electron chi connectivity index (χ3n) is 3.25. The Hall–Kier alpha value is -1.74. The molecule has 17 heavy (non-hydrogen) atoms. The van der Waals surface area contributed by atoms with Crippen molar-refractivity contribution in [1.29, 1.82) is 0 Å². The molecule has 4 rings (SSSR count). The number of hydrogen-bond donors (Lipinski definition) is 1. The Morgan fingerprint density at radius 3 is 3.18 bits per heavy atom. The van der Waals surface area contributed by atoms with Gasteiger partial charge in [-0.3, -0.25) is 4.99 Å². The maximum absolute atomic E-state index is 4.45. The Bertz CT molecular complexity index is 625. The summed E-state index contributed by atoms with van der Waals surface area (Å²) in [7, 11) is 0. The van der Waals surface area contributed by atoms with Crippen molar-refractivity contribution in [3.63, 3.8) is 0 Å². The third-order valence-corrected chi connectivity index (χ3v) is 4.71. The first-order valence-electron chi connectivity index (χ1n) is 5.58. The molecule has 1 spiro atoms. The first kappa shape index (κ1) is 9.31. The molecule has 0 aromatic heterocycles. The van der Waals surface area contributed by atoms with Crippen LogP contribution in [-0.4, -0.2) is 10.5 Å². The van der Waals surface area contributed by atoms with E-state index >= 15 is 0 Å². The lowest BCUT2D eigenvalue weighted by molar-refractivity contribution is 1.07. The van der Waals surface area contributed by atoms with Crippen LogP contribution in [0.5, 0.6) is 0 Å². The van der Waals surface area contributed by atoms with E-state index in [-0.39, 0.29) is 4.75 Å². The summed E-state index contributed by atoms with van der Waals surface area (Å²) in [4.78, 5) is 5.73. The molecule has 0 saturated heterocycles. The molecule has 0 radical (unpaired) electrons. The lowest BCUT2D eigenvalue weighted by Gasteiger charge is -2.37. The number of nitrogens with one attached hydrogen (secondary N) is 1. The van der Waals surface area contributed by atoms with Crippen molar-refractivity contribution in [2.75, 3.05) is 5.32 Å². The maximum atomic E-state index is 4.45. The fraction of sp³-hybridized carbons (Fsp3) is 0.0714. The molecule has 1 aromatic carbocycles. The fourth-order valence-corrected chi connectivity index (χ4v) is 3.72. The van der Waals surface area contributed by atoms with Gasteiger partial charge in [0.15, 0.2) is 0 Å². The van der Waals surface area contributed by atoms with Crippen LogP contribution in [0.3, 0.4) is 0 Å². The summed E-state index contributed by atoms with van der Waals surface area (Å²) in [5.41, 5.74) is 3.50. The number of hydrogen-bond acceptors (Lipinski definition) is 3. The maximum Gasteiger partial charge on any atom is 0.122 e. The molecule has 0 fully saturated rings. The van der Waals surface area contributed by atoms with Gasteiger partial charge < -0.3 is 5.32 Å². The second kappa shape index (κ2) is 3.14. The van der Waals surface area contributed by atoms with Gasteiger partial charge in [0.25, 0.3) is 0 Å². The van der Waals surface area contributed by atoms with Gasteiger partial charge in [0.1, 0.15) is 4.75 Å². The van der Waals surface area contributed by atoms with Crippen molar-refractivity contribution in [2.24, 2.45) is 4.99 Å². The average Bonchev–Trinajstić information content (AvgIpc) is 2.77. The molecule has 0 bridgehead atoms. The molecule has 1 aromatic rings.